The van der Waals surface area contributed by atoms with Gasteiger partial charge in [0.2, 0.25) is 5.78 Å². The predicted octanol–water partition coefficient (Wildman–Crippen LogP) is 3.82. The Morgan fingerprint density at radius 2 is 1.79 bits per heavy atom. The number of carbonyl (C=O) groups excluding carboxylic acids is 1. The lowest BCUT2D eigenvalue weighted by atomic mass is 9.89. The standard InChI is InChI=1S/C22H23N3O2S/c23-18-17-15-8-4-5-9-16(15)21(25-10-12-27-13-11-25)24-22(17)28-20(18)19(26)14-6-2-1-3-7-14/h1-3,6-7H,4-5,8-13,23H2. The highest BCUT2D eigenvalue weighted by Crippen LogP contribution is 2.42. The van der Waals surface area contributed by atoms with Gasteiger partial charge in [-0.25, -0.2) is 4.98 Å². The first-order valence-electron chi connectivity index (χ1n) is 9.90. The topological polar surface area (TPSA) is 68.5 Å². The second-order valence-electron chi connectivity index (χ2n) is 7.42. The number of hydrogen-bond acceptors (Lipinski definition) is 6. The highest BCUT2D eigenvalue weighted by molar-refractivity contribution is 7.21. The first kappa shape index (κ1) is 17.6. The highest BCUT2D eigenvalue weighted by Gasteiger charge is 2.27. The minimum atomic E-state index is -0.0152. The van der Waals surface area contributed by atoms with Gasteiger partial charge in [0.15, 0.2) is 0 Å². The van der Waals surface area contributed by atoms with Crippen LogP contribution in [0.15, 0.2) is 30.3 Å². The molecule has 0 amide bonds. The number of morpholine rings is 1. The Bertz CT molecular complexity index is 1040. The fourth-order valence-electron chi connectivity index (χ4n) is 4.32. The van der Waals surface area contributed by atoms with E-state index in [0.717, 1.165) is 61.6 Å². The molecule has 0 saturated carbocycles. The number of nitrogens with two attached hydrogens (primary N) is 1. The number of rotatable bonds is 3. The molecule has 1 saturated heterocycles. The van der Waals surface area contributed by atoms with Gasteiger partial charge >= 0.3 is 0 Å². The van der Waals surface area contributed by atoms with Gasteiger partial charge in [-0.1, -0.05) is 30.3 Å². The monoisotopic (exact) mass is 393 g/mol. The molecule has 1 aliphatic heterocycles. The van der Waals surface area contributed by atoms with Crippen molar-refractivity contribution >= 4 is 38.8 Å². The number of pyridine rings is 1. The molecule has 2 aliphatic rings. The van der Waals surface area contributed by atoms with E-state index >= 15 is 0 Å². The number of nitrogen functional groups attached to an aromatic ring is 1. The molecule has 0 spiro atoms. The molecule has 2 aromatic heterocycles. The summed E-state index contributed by atoms with van der Waals surface area (Å²) >= 11 is 1.43. The van der Waals surface area contributed by atoms with Crippen LogP contribution in [0, 0.1) is 0 Å². The molecule has 0 atom stereocenters. The predicted molar refractivity (Wildman–Crippen MR) is 114 cm³/mol. The third-order valence-electron chi connectivity index (χ3n) is 5.73. The molecule has 0 radical (unpaired) electrons. The smallest absolute Gasteiger partial charge is 0.205 e. The van der Waals surface area contributed by atoms with Gasteiger partial charge in [-0.2, -0.15) is 0 Å². The van der Waals surface area contributed by atoms with Gasteiger partial charge in [0.05, 0.1) is 18.9 Å². The fourth-order valence-corrected chi connectivity index (χ4v) is 5.40. The van der Waals surface area contributed by atoms with Crippen molar-refractivity contribution in [2.45, 2.75) is 25.7 Å². The Kier molecular flexibility index (Phi) is 4.53. The number of hydrogen-bond donors (Lipinski definition) is 1. The van der Waals surface area contributed by atoms with Crippen LogP contribution in [0.1, 0.15) is 39.2 Å². The Labute approximate surface area is 168 Å². The van der Waals surface area contributed by atoms with Crippen molar-refractivity contribution in [3.63, 3.8) is 0 Å². The van der Waals surface area contributed by atoms with Crippen molar-refractivity contribution in [3.05, 3.63) is 51.9 Å². The molecule has 2 N–H and O–H groups in total. The Morgan fingerprint density at radius 1 is 1.07 bits per heavy atom. The number of thiophene rings is 1. The Morgan fingerprint density at radius 3 is 2.54 bits per heavy atom. The lowest BCUT2D eigenvalue weighted by molar-refractivity contribution is 0.104. The largest absolute Gasteiger partial charge is 0.397 e. The lowest BCUT2D eigenvalue weighted by Crippen LogP contribution is -2.37. The summed E-state index contributed by atoms with van der Waals surface area (Å²) in [5, 5.41) is 1.01. The maximum Gasteiger partial charge on any atom is 0.205 e. The van der Waals surface area contributed by atoms with Crippen molar-refractivity contribution < 1.29 is 9.53 Å². The van der Waals surface area contributed by atoms with Gasteiger partial charge in [-0.3, -0.25) is 4.79 Å². The number of ether oxygens (including phenoxy) is 1. The fraction of sp³-hybridized carbons (Fsp3) is 0.364. The van der Waals surface area contributed by atoms with Crippen molar-refractivity contribution in [1.82, 2.24) is 4.98 Å². The summed E-state index contributed by atoms with van der Waals surface area (Å²) in [7, 11) is 0. The summed E-state index contributed by atoms with van der Waals surface area (Å²) in [5.41, 5.74) is 10.4. The van der Waals surface area contributed by atoms with Gasteiger partial charge in [-0.05, 0) is 36.8 Å². The molecule has 1 aromatic carbocycles. The molecule has 0 bridgehead atoms. The van der Waals surface area contributed by atoms with Gasteiger partial charge in [0, 0.05) is 24.0 Å². The van der Waals surface area contributed by atoms with Gasteiger partial charge in [0.1, 0.15) is 15.5 Å². The number of anilines is 2. The summed E-state index contributed by atoms with van der Waals surface area (Å²) in [6, 6.07) is 9.36. The van der Waals surface area contributed by atoms with Crippen LogP contribution in [0.25, 0.3) is 10.2 Å². The first-order valence-corrected chi connectivity index (χ1v) is 10.7. The second-order valence-corrected chi connectivity index (χ2v) is 8.42. The molecule has 5 rings (SSSR count). The minimum Gasteiger partial charge on any atom is -0.397 e. The van der Waals surface area contributed by atoms with E-state index in [2.05, 4.69) is 4.90 Å². The normalized spacial score (nSPS) is 16.9. The molecular weight excluding hydrogens is 370 g/mol. The number of aromatic nitrogens is 1. The van der Waals surface area contributed by atoms with Crippen LogP contribution in [-0.4, -0.2) is 37.1 Å². The summed E-state index contributed by atoms with van der Waals surface area (Å²) in [6.07, 6.45) is 4.37. The summed E-state index contributed by atoms with van der Waals surface area (Å²) < 4.78 is 5.52. The number of fused-ring (bicyclic) bond motifs is 3. The highest BCUT2D eigenvalue weighted by atomic mass is 32.1. The van der Waals surface area contributed by atoms with Crippen LogP contribution in [0.3, 0.4) is 0 Å². The Balaban J connectivity index is 1.68. The van der Waals surface area contributed by atoms with Crippen molar-refractivity contribution in [3.8, 4) is 0 Å². The number of carbonyl (C=O) groups is 1. The van der Waals surface area contributed by atoms with Crippen molar-refractivity contribution in [2.24, 2.45) is 0 Å². The van der Waals surface area contributed by atoms with E-state index in [9.17, 15) is 4.79 Å². The molecule has 1 fully saturated rings. The minimum absolute atomic E-state index is 0.0152. The van der Waals surface area contributed by atoms with Crippen LogP contribution in [0.2, 0.25) is 0 Å². The first-order chi connectivity index (χ1) is 13.7. The number of aryl methyl sites for hydroxylation is 1. The molecule has 0 unspecified atom stereocenters. The number of nitrogens with zero attached hydrogens (tertiary/aromatic N) is 2. The van der Waals surface area contributed by atoms with E-state index in [4.69, 9.17) is 15.5 Å². The Hall–Kier alpha value is -2.44. The zero-order valence-corrected chi connectivity index (χ0v) is 16.6. The number of benzene rings is 1. The van der Waals surface area contributed by atoms with Crippen LogP contribution in [0.5, 0.6) is 0 Å². The summed E-state index contributed by atoms with van der Waals surface area (Å²) in [6.45, 7) is 3.20. The van der Waals surface area contributed by atoms with Crippen LogP contribution in [0.4, 0.5) is 11.5 Å². The second kappa shape index (κ2) is 7.18. The van der Waals surface area contributed by atoms with Crippen LogP contribution < -0.4 is 10.6 Å². The van der Waals surface area contributed by atoms with Crippen LogP contribution >= 0.6 is 11.3 Å². The van der Waals surface area contributed by atoms with E-state index in [1.807, 2.05) is 30.3 Å². The maximum absolute atomic E-state index is 13.1. The average molecular weight is 394 g/mol. The molecule has 144 valence electrons. The van der Waals surface area contributed by atoms with Crippen LogP contribution in [-0.2, 0) is 17.6 Å². The molecule has 3 heterocycles. The molecule has 28 heavy (non-hydrogen) atoms. The number of ketones is 1. The SMILES string of the molecule is Nc1c(C(=O)c2ccccc2)sc2nc(N3CCOCC3)c3c(c12)CCCC3. The molecule has 5 nitrogen and oxygen atoms in total. The van der Waals surface area contributed by atoms with E-state index in [1.54, 1.807) is 0 Å². The van der Waals surface area contributed by atoms with Gasteiger partial charge in [0.25, 0.3) is 0 Å². The molecule has 1 aliphatic carbocycles. The van der Waals surface area contributed by atoms with Gasteiger partial charge < -0.3 is 15.4 Å². The maximum atomic E-state index is 13.1. The van der Waals surface area contributed by atoms with E-state index in [-0.39, 0.29) is 5.78 Å². The average Bonchev–Trinajstić information content (AvgIpc) is 3.10. The molecule has 6 heteroatoms. The third kappa shape index (κ3) is 2.88. The lowest BCUT2D eigenvalue weighted by Gasteiger charge is -2.31. The quantitative estimate of drug-likeness (QED) is 0.685. The zero-order valence-electron chi connectivity index (χ0n) is 15.7. The molecule has 3 aromatic rings. The van der Waals surface area contributed by atoms with Crippen molar-refractivity contribution in [1.29, 1.82) is 0 Å². The third-order valence-corrected chi connectivity index (χ3v) is 6.82. The van der Waals surface area contributed by atoms with Gasteiger partial charge in [-0.15, -0.1) is 11.3 Å². The van der Waals surface area contributed by atoms with E-state index < -0.39 is 0 Å². The zero-order chi connectivity index (χ0) is 19.1. The summed E-state index contributed by atoms with van der Waals surface area (Å²) in [5.74, 6) is 1.06. The summed E-state index contributed by atoms with van der Waals surface area (Å²) in [4.78, 5) is 21.9. The van der Waals surface area contributed by atoms with Crippen molar-refractivity contribution in [2.75, 3.05) is 36.9 Å². The molecular formula is C22H23N3O2S. The van der Waals surface area contributed by atoms with E-state index in [1.165, 1.54) is 28.9 Å². The van der Waals surface area contributed by atoms with E-state index in [0.29, 0.717) is 16.1 Å².